The minimum Gasteiger partial charge on any atom is -0.134 e. The molecule has 1 aliphatic heterocycles. The normalized spacial score (nSPS) is 12.9. The zero-order chi connectivity index (χ0) is 38.6. The number of thiophene rings is 2. The summed E-state index contributed by atoms with van der Waals surface area (Å²) in [7, 11) is -4.22. The Labute approximate surface area is 350 Å². The van der Waals surface area contributed by atoms with E-state index in [4.69, 9.17) is 0 Å². The van der Waals surface area contributed by atoms with Crippen LogP contribution in [0.2, 0.25) is 0 Å². The summed E-state index contributed by atoms with van der Waals surface area (Å²) in [5.74, 6) is 0. The molecule has 9 rings (SSSR count). The van der Waals surface area contributed by atoms with Crippen LogP contribution in [0.3, 0.4) is 0 Å². The molecule has 0 radical (unpaired) electrons. The number of hydrogen-bond donors (Lipinski definition) is 0. The predicted octanol–water partition coefficient (Wildman–Crippen LogP) is 9.37. The van der Waals surface area contributed by atoms with Crippen molar-refractivity contribution >= 4 is 97.8 Å². The summed E-state index contributed by atoms with van der Waals surface area (Å²) >= 11 is 4.16. The minimum absolute atomic E-state index is 0.734. The maximum atomic E-state index is 2.69. The lowest BCUT2D eigenvalue weighted by molar-refractivity contribution is 0.795. The van der Waals surface area contributed by atoms with E-state index in [0.29, 0.717) is 0 Å². The SMILES string of the molecule is CCCCc1ccc([Si]2(c3ccc(CCCC)cc3)c3cc(P(c4ccccc4)c4ccccc4)sc3-c3sc(P(c4ccccc4)c4ccccc4)cc32)cc1. The Hall–Kier alpha value is -4.20. The van der Waals surface area contributed by atoms with Gasteiger partial charge in [0, 0.05) is 19.0 Å². The van der Waals surface area contributed by atoms with Crippen molar-refractivity contribution in [3.05, 3.63) is 193 Å². The van der Waals surface area contributed by atoms with Gasteiger partial charge in [-0.2, -0.15) is 0 Å². The molecule has 0 nitrogen and oxygen atoms in total. The van der Waals surface area contributed by atoms with E-state index in [1.807, 2.05) is 0 Å². The fourth-order valence-corrected chi connectivity index (χ4v) is 23.6. The van der Waals surface area contributed by atoms with Gasteiger partial charge in [-0.1, -0.05) is 197 Å². The van der Waals surface area contributed by atoms with Crippen molar-refractivity contribution in [2.75, 3.05) is 0 Å². The summed E-state index contributed by atoms with van der Waals surface area (Å²) < 4.78 is 3.00. The Bertz CT molecular complexity index is 2270. The lowest BCUT2D eigenvalue weighted by Gasteiger charge is -2.31. The van der Waals surface area contributed by atoms with Crippen LogP contribution in [0, 0.1) is 0 Å². The molecule has 8 aromatic rings. The first-order valence-electron chi connectivity index (χ1n) is 20.5. The molecule has 0 fully saturated rings. The molecule has 6 aromatic carbocycles. The maximum absolute atomic E-state index is 2.75. The van der Waals surface area contributed by atoms with E-state index in [0.717, 1.165) is 12.8 Å². The van der Waals surface area contributed by atoms with Gasteiger partial charge in [0.1, 0.15) is 0 Å². The average Bonchev–Trinajstić information content (AvgIpc) is 3.96. The molecule has 0 saturated heterocycles. The second-order valence-corrected chi connectivity index (χ2v) is 25.8. The van der Waals surface area contributed by atoms with E-state index in [9.17, 15) is 0 Å². The molecule has 0 aliphatic carbocycles. The fraction of sp³-hybridized carbons (Fsp3) is 0.154. The second kappa shape index (κ2) is 17.3. The summed E-state index contributed by atoms with van der Waals surface area (Å²) in [4.78, 5) is 3.01. The van der Waals surface area contributed by atoms with Crippen molar-refractivity contribution in [2.24, 2.45) is 0 Å². The minimum atomic E-state index is -2.75. The Morgan fingerprint density at radius 1 is 0.404 bits per heavy atom. The standard InChI is InChI=1S/C52H48P2S2Si/c1-3-5-19-39-29-33-45(34-30-39)57(46-35-31-40(32-36-46)20-6-4-2)47-37-49(53(41-21-11-7-12-22-41)42-23-13-8-14-24-42)55-51(47)52-48(57)38-50(56-52)54(43-25-15-9-16-26-43)44-27-17-10-18-28-44/h7-18,21-38H,3-6,19-20H2,1-2H3. The van der Waals surface area contributed by atoms with Crippen molar-refractivity contribution in [1.82, 2.24) is 0 Å². The van der Waals surface area contributed by atoms with E-state index in [1.165, 1.54) is 87.4 Å². The van der Waals surface area contributed by atoms with Crippen LogP contribution in [-0.2, 0) is 12.8 Å². The molecule has 0 atom stereocenters. The highest BCUT2D eigenvalue weighted by Gasteiger charge is 2.52. The molecule has 0 amide bonds. The summed E-state index contributed by atoms with van der Waals surface area (Å²) in [5, 5.41) is 11.8. The van der Waals surface area contributed by atoms with Gasteiger partial charge in [0.15, 0.2) is 8.07 Å². The van der Waals surface area contributed by atoms with Crippen LogP contribution in [0.15, 0.2) is 182 Å². The van der Waals surface area contributed by atoms with Gasteiger partial charge in [-0.25, -0.2) is 0 Å². The number of unbranched alkanes of at least 4 members (excludes halogenated alkanes) is 2. The highest BCUT2D eigenvalue weighted by molar-refractivity contribution is 7.85. The number of aryl methyl sites for hydroxylation is 2. The molecule has 5 heteroatoms. The van der Waals surface area contributed by atoms with Crippen molar-refractivity contribution in [3.8, 4) is 9.75 Å². The zero-order valence-electron chi connectivity index (χ0n) is 32.8. The lowest BCUT2D eigenvalue weighted by atomic mass is 10.1. The van der Waals surface area contributed by atoms with Crippen LogP contribution in [0.4, 0.5) is 0 Å². The summed E-state index contributed by atoms with van der Waals surface area (Å²) in [6.07, 6.45) is 7.14. The van der Waals surface area contributed by atoms with Gasteiger partial charge in [0.25, 0.3) is 0 Å². The molecule has 0 saturated carbocycles. The third kappa shape index (κ3) is 7.39. The van der Waals surface area contributed by atoms with Crippen LogP contribution in [0.5, 0.6) is 0 Å². The number of hydrogen-bond acceptors (Lipinski definition) is 2. The van der Waals surface area contributed by atoms with E-state index in [1.54, 1.807) is 10.4 Å². The van der Waals surface area contributed by atoms with Crippen LogP contribution in [0.1, 0.15) is 50.7 Å². The van der Waals surface area contributed by atoms with E-state index >= 15 is 0 Å². The quantitative estimate of drug-likeness (QED) is 0.0758. The highest BCUT2D eigenvalue weighted by Crippen LogP contribution is 2.44. The monoisotopic (exact) mass is 826 g/mol. The molecule has 282 valence electrons. The van der Waals surface area contributed by atoms with Crippen molar-refractivity contribution < 1.29 is 0 Å². The number of benzene rings is 6. The van der Waals surface area contributed by atoms with Crippen molar-refractivity contribution in [1.29, 1.82) is 0 Å². The Balaban J connectivity index is 1.32. The molecule has 0 bridgehead atoms. The average molecular weight is 827 g/mol. The first-order valence-corrected chi connectivity index (χ1v) is 26.8. The topological polar surface area (TPSA) is 0 Å². The van der Waals surface area contributed by atoms with Crippen LogP contribution in [-0.4, -0.2) is 8.07 Å². The van der Waals surface area contributed by atoms with Gasteiger partial charge in [-0.3, -0.25) is 0 Å². The molecule has 1 aliphatic rings. The van der Waals surface area contributed by atoms with E-state index in [2.05, 4.69) is 219 Å². The molecule has 3 heterocycles. The van der Waals surface area contributed by atoms with Crippen molar-refractivity contribution in [3.63, 3.8) is 0 Å². The molecule has 0 N–H and O–H groups in total. The van der Waals surface area contributed by atoms with Gasteiger partial charge in [0.2, 0.25) is 0 Å². The van der Waals surface area contributed by atoms with E-state index in [-0.39, 0.29) is 0 Å². The Morgan fingerprint density at radius 2 is 0.719 bits per heavy atom. The van der Waals surface area contributed by atoms with E-state index < -0.39 is 23.9 Å². The third-order valence-corrected chi connectivity index (χ3v) is 24.6. The predicted molar refractivity (Wildman–Crippen MR) is 259 cm³/mol. The number of rotatable bonds is 14. The van der Waals surface area contributed by atoms with Gasteiger partial charge in [-0.15, -0.1) is 22.7 Å². The molecular weight excluding hydrogens is 779 g/mol. The molecular formula is C52H48P2S2Si. The third-order valence-electron chi connectivity index (χ3n) is 11.4. The molecule has 0 unspecified atom stereocenters. The summed E-state index contributed by atoms with van der Waals surface area (Å²) in [5.41, 5.74) is 2.90. The van der Waals surface area contributed by atoms with Gasteiger partial charge >= 0.3 is 0 Å². The fourth-order valence-electron chi connectivity index (χ4n) is 8.52. The van der Waals surface area contributed by atoms with Crippen molar-refractivity contribution in [2.45, 2.75) is 52.4 Å². The van der Waals surface area contributed by atoms with Crippen LogP contribution in [0.25, 0.3) is 9.75 Å². The Kier molecular flexibility index (Phi) is 11.7. The molecule has 0 spiro atoms. The van der Waals surface area contributed by atoms with Gasteiger partial charge in [0.05, 0.1) is 0 Å². The molecule has 57 heavy (non-hydrogen) atoms. The first kappa shape index (κ1) is 38.3. The summed E-state index contributed by atoms with van der Waals surface area (Å²) in [6, 6.07) is 70.4. The zero-order valence-corrected chi connectivity index (χ0v) is 37.2. The van der Waals surface area contributed by atoms with Crippen LogP contribution < -0.4 is 51.2 Å². The smallest absolute Gasteiger partial charge is 0.134 e. The highest BCUT2D eigenvalue weighted by atomic mass is 32.1. The van der Waals surface area contributed by atoms with Gasteiger partial charge in [-0.05, 0) is 107 Å². The summed E-state index contributed by atoms with van der Waals surface area (Å²) in [6.45, 7) is 4.59. The lowest BCUT2D eigenvalue weighted by Crippen LogP contribution is -2.72. The largest absolute Gasteiger partial charge is 0.182 e. The van der Waals surface area contributed by atoms with Crippen LogP contribution >= 0.6 is 38.5 Å². The molecule has 2 aromatic heterocycles. The Morgan fingerprint density at radius 3 is 1.02 bits per heavy atom. The van der Waals surface area contributed by atoms with Gasteiger partial charge < -0.3 is 0 Å². The second-order valence-electron chi connectivity index (χ2n) is 15.0. The first-order chi connectivity index (χ1) is 28.2. The number of fused-ring (bicyclic) bond motifs is 3. The maximum Gasteiger partial charge on any atom is 0.182 e.